The summed E-state index contributed by atoms with van der Waals surface area (Å²) >= 11 is 0. The first-order chi connectivity index (χ1) is 8.59. The third-order valence-electron chi connectivity index (χ3n) is 2.03. The predicted octanol–water partition coefficient (Wildman–Crippen LogP) is 2.62. The SMILES string of the molecule is CC(=O)Nc1ccccc1.Nc1ccccc1O. The third kappa shape index (κ3) is 5.03. The van der Waals surface area contributed by atoms with Crippen molar-refractivity contribution < 1.29 is 9.90 Å². The van der Waals surface area contributed by atoms with Crippen LogP contribution >= 0.6 is 0 Å². The van der Waals surface area contributed by atoms with Crippen LogP contribution in [0.15, 0.2) is 54.6 Å². The lowest BCUT2D eigenvalue weighted by Gasteiger charge is -1.98. The molecule has 0 radical (unpaired) electrons. The van der Waals surface area contributed by atoms with Crippen LogP contribution in [0.25, 0.3) is 0 Å². The van der Waals surface area contributed by atoms with E-state index in [0.717, 1.165) is 5.69 Å². The number of hydrogen-bond donors (Lipinski definition) is 3. The van der Waals surface area contributed by atoms with Gasteiger partial charge < -0.3 is 16.2 Å². The maximum Gasteiger partial charge on any atom is 0.221 e. The quantitative estimate of drug-likeness (QED) is 0.533. The number of para-hydroxylation sites is 3. The van der Waals surface area contributed by atoms with Crippen LogP contribution in [0.1, 0.15) is 6.92 Å². The molecular formula is C14H16N2O2. The molecule has 0 saturated carbocycles. The van der Waals surface area contributed by atoms with E-state index in [2.05, 4.69) is 5.32 Å². The van der Waals surface area contributed by atoms with Gasteiger partial charge in [-0.1, -0.05) is 30.3 Å². The Morgan fingerprint density at radius 3 is 2.06 bits per heavy atom. The van der Waals surface area contributed by atoms with Gasteiger partial charge in [-0.15, -0.1) is 0 Å². The molecule has 2 rings (SSSR count). The van der Waals surface area contributed by atoms with E-state index in [1.165, 1.54) is 6.92 Å². The molecule has 0 aliphatic heterocycles. The van der Waals surface area contributed by atoms with E-state index >= 15 is 0 Å². The highest BCUT2D eigenvalue weighted by atomic mass is 16.3. The molecule has 18 heavy (non-hydrogen) atoms. The molecule has 0 atom stereocenters. The van der Waals surface area contributed by atoms with Crippen molar-refractivity contribution in [1.29, 1.82) is 0 Å². The number of phenolic OH excluding ortho intramolecular Hbond substituents is 1. The summed E-state index contributed by atoms with van der Waals surface area (Å²) in [5, 5.41) is 11.5. The van der Waals surface area contributed by atoms with Gasteiger partial charge in [0.15, 0.2) is 0 Å². The Morgan fingerprint density at radius 2 is 1.61 bits per heavy atom. The molecule has 0 saturated heterocycles. The molecule has 0 heterocycles. The second kappa shape index (κ2) is 6.96. The molecule has 4 heteroatoms. The van der Waals surface area contributed by atoms with Crippen molar-refractivity contribution in [3.8, 4) is 5.75 Å². The fraction of sp³-hybridized carbons (Fsp3) is 0.0714. The summed E-state index contributed by atoms with van der Waals surface area (Å²) in [5.74, 6) is 0.110. The van der Waals surface area contributed by atoms with Gasteiger partial charge in [-0.25, -0.2) is 0 Å². The molecule has 0 aliphatic carbocycles. The van der Waals surface area contributed by atoms with Gasteiger partial charge in [-0.2, -0.15) is 0 Å². The van der Waals surface area contributed by atoms with E-state index < -0.39 is 0 Å². The van der Waals surface area contributed by atoms with E-state index in [4.69, 9.17) is 10.8 Å². The van der Waals surface area contributed by atoms with Crippen molar-refractivity contribution in [2.24, 2.45) is 0 Å². The minimum atomic E-state index is -0.0359. The van der Waals surface area contributed by atoms with E-state index in [0.29, 0.717) is 5.69 Å². The summed E-state index contributed by atoms with van der Waals surface area (Å²) in [7, 11) is 0. The zero-order valence-corrected chi connectivity index (χ0v) is 10.1. The summed E-state index contributed by atoms with van der Waals surface area (Å²) in [6.45, 7) is 1.49. The van der Waals surface area contributed by atoms with Gasteiger partial charge in [0.2, 0.25) is 5.91 Å². The zero-order valence-electron chi connectivity index (χ0n) is 10.1. The van der Waals surface area contributed by atoms with Crippen LogP contribution < -0.4 is 11.1 Å². The monoisotopic (exact) mass is 244 g/mol. The molecule has 0 spiro atoms. The second-order valence-corrected chi connectivity index (χ2v) is 3.61. The predicted molar refractivity (Wildman–Crippen MR) is 73.3 cm³/mol. The Morgan fingerprint density at radius 1 is 1.06 bits per heavy atom. The van der Waals surface area contributed by atoms with Gasteiger partial charge in [0, 0.05) is 12.6 Å². The summed E-state index contributed by atoms with van der Waals surface area (Å²) in [6.07, 6.45) is 0. The number of nitrogen functional groups attached to an aromatic ring is 1. The van der Waals surface area contributed by atoms with Crippen molar-refractivity contribution in [1.82, 2.24) is 0 Å². The largest absolute Gasteiger partial charge is 0.506 e. The molecule has 0 aliphatic rings. The van der Waals surface area contributed by atoms with Crippen LogP contribution in [-0.2, 0) is 4.79 Å². The molecule has 2 aromatic rings. The Labute approximate surface area is 106 Å². The van der Waals surface area contributed by atoms with Crippen LogP contribution in [0.3, 0.4) is 0 Å². The number of anilines is 2. The summed E-state index contributed by atoms with van der Waals surface area (Å²) in [6, 6.07) is 16.1. The molecule has 4 N–H and O–H groups in total. The number of phenols is 1. The highest BCUT2D eigenvalue weighted by Gasteiger charge is 1.90. The van der Waals surface area contributed by atoms with E-state index in [1.54, 1.807) is 24.3 Å². The maximum absolute atomic E-state index is 10.5. The Balaban J connectivity index is 0.000000184. The molecule has 0 aromatic heterocycles. The lowest BCUT2D eigenvalue weighted by Crippen LogP contribution is -2.04. The number of benzene rings is 2. The number of hydrogen-bond acceptors (Lipinski definition) is 3. The average Bonchev–Trinajstić information content (AvgIpc) is 2.34. The number of nitrogens with one attached hydrogen (secondary N) is 1. The second-order valence-electron chi connectivity index (χ2n) is 3.61. The first-order valence-corrected chi connectivity index (χ1v) is 5.45. The van der Waals surface area contributed by atoms with Crippen molar-refractivity contribution in [2.45, 2.75) is 6.92 Å². The first kappa shape index (κ1) is 13.6. The third-order valence-corrected chi connectivity index (χ3v) is 2.03. The van der Waals surface area contributed by atoms with Crippen LogP contribution in [0, 0.1) is 0 Å². The molecule has 0 unspecified atom stereocenters. The average molecular weight is 244 g/mol. The number of aromatic hydroxyl groups is 1. The molecule has 1 amide bonds. The Bertz CT molecular complexity index is 477. The first-order valence-electron chi connectivity index (χ1n) is 5.45. The normalized spacial score (nSPS) is 8.94. The number of carbonyl (C=O) groups excluding carboxylic acids is 1. The van der Waals surface area contributed by atoms with Gasteiger partial charge in [0.25, 0.3) is 0 Å². The van der Waals surface area contributed by atoms with Crippen LogP contribution in [0.2, 0.25) is 0 Å². The zero-order chi connectivity index (χ0) is 13.4. The van der Waals surface area contributed by atoms with Gasteiger partial charge in [-0.05, 0) is 24.3 Å². The van der Waals surface area contributed by atoms with E-state index in [9.17, 15) is 4.79 Å². The standard InChI is InChI=1S/C8H9NO.C6H7NO/c1-7(10)9-8-5-3-2-4-6-8;7-5-3-1-2-4-6(5)8/h2-6H,1H3,(H,9,10);1-4,8H,7H2. The van der Waals surface area contributed by atoms with Gasteiger partial charge >= 0.3 is 0 Å². The molecule has 4 nitrogen and oxygen atoms in total. The highest BCUT2D eigenvalue weighted by molar-refractivity contribution is 5.88. The van der Waals surface area contributed by atoms with Crippen LogP contribution in [0.4, 0.5) is 11.4 Å². The smallest absolute Gasteiger partial charge is 0.221 e. The minimum Gasteiger partial charge on any atom is -0.506 e. The minimum absolute atomic E-state index is 0.0359. The Kier molecular flexibility index (Phi) is 5.25. The number of amides is 1. The lowest BCUT2D eigenvalue weighted by atomic mass is 10.3. The van der Waals surface area contributed by atoms with Crippen molar-refractivity contribution >= 4 is 17.3 Å². The van der Waals surface area contributed by atoms with Crippen molar-refractivity contribution in [3.63, 3.8) is 0 Å². The Hall–Kier alpha value is -2.49. The molecule has 94 valence electrons. The number of nitrogens with two attached hydrogens (primary N) is 1. The molecule has 2 aromatic carbocycles. The lowest BCUT2D eigenvalue weighted by molar-refractivity contribution is -0.114. The van der Waals surface area contributed by atoms with Gasteiger partial charge in [0.1, 0.15) is 5.75 Å². The summed E-state index contributed by atoms with van der Waals surface area (Å²) in [5.41, 5.74) is 6.54. The van der Waals surface area contributed by atoms with E-state index in [1.807, 2.05) is 30.3 Å². The fourth-order valence-corrected chi connectivity index (χ4v) is 1.21. The molecular weight excluding hydrogens is 228 g/mol. The molecule has 0 fully saturated rings. The fourth-order valence-electron chi connectivity index (χ4n) is 1.21. The van der Waals surface area contributed by atoms with E-state index in [-0.39, 0.29) is 11.7 Å². The highest BCUT2D eigenvalue weighted by Crippen LogP contribution is 2.16. The number of carbonyl (C=O) groups is 1. The van der Waals surface area contributed by atoms with Crippen LogP contribution in [-0.4, -0.2) is 11.0 Å². The summed E-state index contributed by atoms with van der Waals surface area (Å²) < 4.78 is 0. The van der Waals surface area contributed by atoms with Crippen molar-refractivity contribution in [3.05, 3.63) is 54.6 Å². The maximum atomic E-state index is 10.5. The topological polar surface area (TPSA) is 75.4 Å². The number of rotatable bonds is 1. The van der Waals surface area contributed by atoms with Gasteiger partial charge in [-0.3, -0.25) is 4.79 Å². The van der Waals surface area contributed by atoms with Crippen LogP contribution in [0.5, 0.6) is 5.75 Å². The molecule has 0 bridgehead atoms. The van der Waals surface area contributed by atoms with Gasteiger partial charge in [0.05, 0.1) is 5.69 Å². The summed E-state index contributed by atoms with van der Waals surface area (Å²) in [4.78, 5) is 10.5. The van der Waals surface area contributed by atoms with Crippen molar-refractivity contribution in [2.75, 3.05) is 11.1 Å².